The van der Waals surface area contributed by atoms with Crippen molar-refractivity contribution in [2.75, 3.05) is 5.75 Å². The number of benzene rings is 2. The summed E-state index contributed by atoms with van der Waals surface area (Å²) in [6.07, 6.45) is 0. The molecule has 1 N–H and O–H groups in total. The molecule has 0 saturated carbocycles. The number of hydrogen-bond acceptors (Lipinski definition) is 4. The summed E-state index contributed by atoms with van der Waals surface area (Å²) in [5.74, 6) is 2.59. The van der Waals surface area contributed by atoms with Crippen molar-refractivity contribution in [2.45, 2.75) is 5.54 Å². The van der Waals surface area contributed by atoms with Gasteiger partial charge in [-0.05, 0) is 18.2 Å². The fourth-order valence-electron chi connectivity index (χ4n) is 2.71. The molecule has 2 aromatic carbocycles. The topological polar surface area (TPSA) is 41.8 Å². The minimum atomic E-state index is -0.372. The number of fused-ring (bicyclic) bond motifs is 4. The van der Waals surface area contributed by atoms with Crippen molar-refractivity contribution in [2.24, 2.45) is 4.99 Å². The number of phenolic OH excluding ortho intramolecular Hbond substituents is 1. The second-order valence-corrected chi connectivity index (χ2v) is 5.52. The van der Waals surface area contributed by atoms with Crippen LogP contribution in [0.4, 0.5) is 0 Å². The van der Waals surface area contributed by atoms with Gasteiger partial charge in [-0.3, -0.25) is 4.99 Å². The number of thioether (sulfide) groups is 1. The van der Waals surface area contributed by atoms with Crippen molar-refractivity contribution in [1.82, 2.24) is 0 Å². The van der Waals surface area contributed by atoms with Crippen LogP contribution in [0.1, 0.15) is 11.1 Å². The van der Waals surface area contributed by atoms with Crippen LogP contribution in [-0.2, 0) is 5.54 Å². The summed E-state index contributed by atoms with van der Waals surface area (Å²) in [6.45, 7) is 0. The Labute approximate surface area is 114 Å². The molecule has 0 fully saturated rings. The van der Waals surface area contributed by atoms with Gasteiger partial charge in [0.05, 0.1) is 5.55 Å². The van der Waals surface area contributed by atoms with E-state index in [2.05, 4.69) is 6.07 Å². The first kappa shape index (κ1) is 10.9. The SMILES string of the molecule is Oc1ccc2c(c1)Oc1ccccc1C21CSC=N1. The van der Waals surface area contributed by atoms with Gasteiger partial charge in [-0.1, -0.05) is 18.2 Å². The number of aromatic hydroxyl groups is 1. The van der Waals surface area contributed by atoms with Crippen molar-refractivity contribution in [3.8, 4) is 17.2 Å². The van der Waals surface area contributed by atoms with Gasteiger partial charge in [0.15, 0.2) is 0 Å². The molecule has 4 rings (SSSR count). The zero-order valence-electron chi connectivity index (χ0n) is 10.0. The van der Waals surface area contributed by atoms with Crippen LogP contribution in [0.5, 0.6) is 17.2 Å². The van der Waals surface area contributed by atoms with Gasteiger partial charge in [0.2, 0.25) is 0 Å². The first-order valence-electron chi connectivity index (χ1n) is 6.06. The number of aliphatic imine (C=N–C) groups is 1. The maximum absolute atomic E-state index is 9.64. The predicted octanol–water partition coefficient (Wildman–Crippen LogP) is 3.52. The van der Waals surface area contributed by atoms with Crippen LogP contribution in [0, 0.1) is 0 Å². The molecule has 0 aromatic heterocycles. The zero-order valence-corrected chi connectivity index (χ0v) is 10.9. The molecule has 2 aliphatic heterocycles. The third-order valence-electron chi connectivity index (χ3n) is 3.60. The normalized spacial score (nSPS) is 22.9. The summed E-state index contributed by atoms with van der Waals surface area (Å²) >= 11 is 1.70. The molecule has 94 valence electrons. The van der Waals surface area contributed by atoms with E-state index in [4.69, 9.17) is 9.73 Å². The number of para-hydroxylation sites is 1. The zero-order chi connectivity index (χ0) is 12.9. The lowest BCUT2D eigenvalue weighted by molar-refractivity contribution is 0.408. The van der Waals surface area contributed by atoms with E-state index in [-0.39, 0.29) is 11.3 Å². The van der Waals surface area contributed by atoms with Gasteiger partial charge < -0.3 is 9.84 Å². The molecule has 19 heavy (non-hydrogen) atoms. The van der Waals surface area contributed by atoms with Crippen LogP contribution >= 0.6 is 11.8 Å². The lowest BCUT2D eigenvalue weighted by atomic mass is 9.82. The molecule has 4 heteroatoms. The summed E-state index contributed by atoms with van der Waals surface area (Å²) in [4.78, 5) is 4.72. The molecule has 1 unspecified atom stereocenters. The molecule has 2 aliphatic rings. The number of ether oxygens (including phenoxy) is 1. The highest BCUT2D eigenvalue weighted by Gasteiger charge is 2.43. The highest BCUT2D eigenvalue weighted by molar-refractivity contribution is 8.12. The molecule has 0 amide bonds. The molecule has 2 heterocycles. The Morgan fingerprint density at radius 2 is 1.95 bits per heavy atom. The van der Waals surface area contributed by atoms with Gasteiger partial charge in [0.25, 0.3) is 0 Å². The van der Waals surface area contributed by atoms with Gasteiger partial charge >= 0.3 is 0 Å². The van der Waals surface area contributed by atoms with Crippen LogP contribution in [0.3, 0.4) is 0 Å². The highest BCUT2D eigenvalue weighted by Crippen LogP contribution is 2.52. The monoisotopic (exact) mass is 269 g/mol. The quantitative estimate of drug-likeness (QED) is 0.795. The summed E-state index contributed by atoms with van der Waals surface area (Å²) in [6, 6.07) is 13.2. The van der Waals surface area contributed by atoms with Crippen molar-refractivity contribution in [1.29, 1.82) is 0 Å². The summed E-state index contributed by atoms with van der Waals surface area (Å²) in [5.41, 5.74) is 3.64. The van der Waals surface area contributed by atoms with E-state index in [0.717, 1.165) is 22.6 Å². The van der Waals surface area contributed by atoms with E-state index in [1.807, 2.05) is 29.8 Å². The molecule has 1 spiro atoms. The number of nitrogens with zero attached hydrogens (tertiary/aromatic N) is 1. The maximum atomic E-state index is 9.64. The number of rotatable bonds is 0. The minimum absolute atomic E-state index is 0.211. The third kappa shape index (κ3) is 1.43. The highest BCUT2D eigenvalue weighted by atomic mass is 32.2. The smallest absolute Gasteiger partial charge is 0.137 e. The van der Waals surface area contributed by atoms with Gasteiger partial charge in [0, 0.05) is 22.9 Å². The van der Waals surface area contributed by atoms with E-state index in [1.165, 1.54) is 0 Å². The van der Waals surface area contributed by atoms with E-state index in [9.17, 15) is 5.11 Å². The Morgan fingerprint density at radius 1 is 1.11 bits per heavy atom. The average Bonchev–Trinajstić information content (AvgIpc) is 2.89. The first-order valence-corrected chi connectivity index (χ1v) is 7.11. The second kappa shape index (κ2) is 3.78. The van der Waals surface area contributed by atoms with Crippen LogP contribution in [0.15, 0.2) is 47.5 Å². The summed E-state index contributed by atoms with van der Waals surface area (Å²) in [5, 5.41) is 9.64. The fraction of sp³-hybridized carbons (Fsp3) is 0.133. The Morgan fingerprint density at radius 3 is 2.79 bits per heavy atom. The van der Waals surface area contributed by atoms with Crippen molar-refractivity contribution in [3.05, 3.63) is 53.6 Å². The van der Waals surface area contributed by atoms with E-state index < -0.39 is 0 Å². The minimum Gasteiger partial charge on any atom is -0.508 e. The lowest BCUT2D eigenvalue weighted by Crippen LogP contribution is -2.29. The van der Waals surface area contributed by atoms with Gasteiger partial charge in [-0.15, -0.1) is 11.8 Å². The number of hydrogen-bond donors (Lipinski definition) is 1. The second-order valence-electron chi connectivity index (χ2n) is 4.68. The van der Waals surface area contributed by atoms with Crippen LogP contribution in [-0.4, -0.2) is 16.4 Å². The lowest BCUT2D eigenvalue weighted by Gasteiger charge is -2.34. The molecule has 0 saturated heterocycles. The van der Waals surface area contributed by atoms with Gasteiger partial charge in [-0.2, -0.15) is 0 Å². The Balaban J connectivity index is 2.03. The van der Waals surface area contributed by atoms with E-state index >= 15 is 0 Å². The standard InChI is InChI=1S/C15H11NO2S/c17-10-5-6-12-14(7-10)18-13-4-2-1-3-11(13)15(12)8-19-9-16-15/h1-7,9,17H,8H2. The van der Waals surface area contributed by atoms with E-state index in [0.29, 0.717) is 5.75 Å². The molecule has 1 atom stereocenters. The van der Waals surface area contributed by atoms with Crippen LogP contribution in [0.2, 0.25) is 0 Å². The molecular formula is C15H11NO2S. The fourth-order valence-corrected chi connectivity index (χ4v) is 3.67. The largest absolute Gasteiger partial charge is 0.508 e. The van der Waals surface area contributed by atoms with Gasteiger partial charge in [0.1, 0.15) is 22.8 Å². The van der Waals surface area contributed by atoms with Crippen molar-refractivity contribution < 1.29 is 9.84 Å². The first-order chi connectivity index (χ1) is 9.29. The number of phenols is 1. The Hall–Kier alpha value is -1.94. The molecule has 0 aliphatic carbocycles. The van der Waals surface area contributed by atoms with Crippen molar-refractivity contribution >= 4 is 17.3 Å². The van der Waals surface area contributed by atoms with Gasteiger partial charge in [-0.25, -0.2) is 0 Å². The molecule has 3 nitrogen and oxygen atoms in total. The van der Waals surface area contributed by atoms with Crippen LogP contribution < -0.4 is 4.74 Å². The van der Waals surface area contributed by atoms with Crippen LogP contribution in [0.25, 0.3) is 0 Å². The average molecular weight is 269 g/mol. The Bertz CT molecular complexity index is 698. The maximum Gasteiger partial charge on any atom is 0.137 e. The van der Waals surface area contributed by atoms with Crippen molar-refractivity contribution in [3.63, 3.8) is 0 Å². The molecular weight excluding hydrogens is 258 g/mol. The molecule has 0 radical (unpaired) electrons. The summed E-state index contributed by atoms with van der Waals surface area (Å²) < 4.78 is 5.90. The third-order valence-corrected chi connectivity index (χ3v) is 4.44. The molecule has 0 bridgehead atoms. The van der Waals surface area contributed by atoms with E-state index in [1.54, 1.807) is 23.9 Å². The Kier molecular flexibility index (Phi) is 2.17. The summed E-state index contributed by atoms with van der Waals surface area (Å²) in [7, 11) is 0. The predicted molar refractivity (Wildman–Crippen MR) is 76.4 cm³/mol. The molecule has 2 aromatic rings.